The predicted molar refractivity (Wildman–Crippen MR) is 102 cm³/mol. The van der Waals surface area contributed by atoms with Crippen molar-refractivity contribution in [1.82, 2.24) is 0 Å². The second kappa shape index (κ2) is 8.65. The van der Waals surface area contributed by atoms with E-state index in [2.05, 4.69) is 16.6 Å². The van der Waals surface area contributed by atoms with E-state index >= 15 is 0 Å². The van der Waals surface area contributed by atoms with Crippen molar-refractivity contribution in [1.29, 1.82) is 0 Å². The second-order valence-electron chi connectivity index (χ2n) is 5.04. The van der Waals surface area contributed by atoms with E-state index in [-0.39, 0.29) is 33.5 Å². The number of rotatable bonds is 5. The highest BCUT2D eigenvalue weighted by Gasteiger charge is 2.20. The minimum Gasteiger partial charge on any atom is -0.481 e. The largest absolute Gasteiger partial charge is 0.481 e. The number of benzene rings is 2. The highest BCUT2D eigenvalue weighted by molar-refractivity contribution is 7.92. The number of halogens is 3. The van der Waals surface area contributed by atoms with Gasteiger partial charge < -0.3 is 5.11 Å². The van der Waals surface area contributed by atoms with Gasteiger partial charge in [0.05, 0.1) is 27.7 Å². The quantitative estimate of drug-likeness (QED) is 0.673. The van der Waals surface area contributed by atoms with Gasteiger partial charge in [0.2, 0.25) is 0 Å². The number of carbonyl (C=O) groups is 1. The zero-order valence-corrected chi connectivity index (χ0v) is 16.2. The highest BCUT2D eigenvalue weighted by atomic mass is 35.5. The van der Waals surface area contributed by atoms with E-state index < -0.39 is 16.0 Å². The van der Waals surface area contributed by atoms with Gasteiger partial charge in [-0.05, 0) is 30.3 Å². The molecule has 0 atom stereocenters. The third-order valence-corrected chi connectivity index (χ3v) is 5.69. The van der Waals surface area contributed by atoms with Crippen LogP contribution in [0.25, 0.3) is 0 Å². The topological polar surface area (TPSA) is 83.5 Å². The van der Waals surface area contributed by atoms with Crippen molar-refractivity contribution in [2.75, 3.05) is 4.72 Å². The molecule has 2 rings (SSSR count). The molecule has 0 spiro atoms. The number of anilines is 1. The Morgan fingerprint density at radius 2 is 1.88 bits per heavy atom. The maximum absolute atomic E-state index is 12.6. The van der Waals surface area contributed by atoms with E-state index in [9.17, 15) is 13.2 Å². The molecule has 5 nitrogen and oxygen atoms in total. The van der Waals surface area contributed by atoms with E-state index in [0.29, 0.717) is 10.6 Å². The van der Waals surface area contributed by atoms with Gasteiger partial charge in [-0.2, -0.15) is 0 Å². The zero-order chi connectivity index (χ0) is 19.3. The molecule has 0 unspecified atom stereocenters. The molecule has 26 heavy (non-hydrogen) atoms. The molecule has 0 saturated heterocycles. The minimum absolute atomic E-state index is 0.0928. The molecule has 0 bridgehead atoms. The number of nitrogens with one attached hydrogen (secondary N) is 1. The Labute approximate surface area is 165 Å². The predicted octanol–water partition coefficient (Wildman–Crippen LogP) is 4.66. The zero-order valence-electron chi connectivity index (χ0n) is 13.1. The number of carboxylic acids is 1. The van der Waals surface area contributed by atoms with Crippen molar-refractivity contribution >= 4 is 56.5 Å². The first-order valence-electron chi connectivity index (χ1n) is 7.18. The van der Waals surface area contributed by atoms with Crippen LogP contribution in [0.15, 0.2) is 41.3 Å². The fourth-order valence-electron chi connectivity index (χ4n) is 1.93. The Morgan fingerprint density at radius 3 is 2.58 bits per heavy atom. The Hall–Kier alpha value is -1.91. The summed E-state index contributed by atoms with van der Waals surface area (Å²) in [5.74, 6) is 4.43. The van der Waals surface area contributed by atoms with E-state index in [1.807, 2.05) is 0 Å². The van der Waals surface area contributed by atoms with Gasteiger partial charge in [-0.1, -0.05) is 52.7 Å². The summed E-state index contributed by atoms with van der Waals surface area (Å²) in [6, 6.07) is 8.71. The lowest BCUT2D eigenvalue weighted by molar-refractivity contribution is -0.136. The maximum atomic E-state index is 12.6. The number of carboxylic acid groups (broad SMARTS) is 1. The Morgan fingerprint density at radius 1 is 1.15 bits per heavy atom. The summed E-state index contributed by atoms with van der Waals surface area (Å²) < 4.78 is 27.6. The Bertz CT molecular complexity index is 1010. The lowest BCUT2D eigenvalue weighted by Crippen LogP contribution is -2.14. The third kappa shape index (κ3) is 5.29. The summed E-state index contributed by atoms with van der Waals surface area (Å²) in [5, 5.41) is 9.01. The van der Waals surface area contributed by atoms with Crippen LogP contribution in [0.1, 0.15) is 18.4 Å². The van der Waals surface area contributed by atoms with Gasteiger partial charge in [-0.3, -0.25) is 9.52 Å². The summed E-state index contributed by atoms with van der Waals surface area (Å²) >= 11 is 17.8. The molecule has 0 radical (unpaired) electrons. The van der Waals surface area contributed by atoms with Gasteiger partial charge >= 0.3 is 5.97 Å². The molecule has 0 heterocycles. The van der Waals surface area contributed by atoms with Gasteiger partial charge in [0.15, 0.2) is 0 Å². The second-order valence-corrected chi connectivity index (χ2v) is 7.92. The van der Waals surface area contributed by atoms with Gasteiger partial charge in [0.25, 0.3) is 10.0 Å². The summed E-state index contributed by atoms with van der Waals surface area (Å²) in [5.41, 5.74) is 0.498. The van der Waals surface area contributed by atoms with Crippen LogP contribution in [0.3, 0.4) is 0 Å². The van der Waals surface area contributed by atoms with Crippen LogP contribution in [-0.4, -0.2) is 19.5 Å². The highest BCUT2D eigenvalue weighted by Crippen LogP contribution is 2.31. The average molecular weight is 433 g/mol. The van der Waals surface area contributed by atoms with Crippen LogP contribution >= 0.6 is 34.8 Å². The molecule has 0 amide bonds. The molecular formula is C17H12Cl3NO4S. The van der Waals surface area contributed by atoms with Crippen LogP contribution in [0.4, 0.5) is 5.69 Å². The molecule has 9 heteroatoms. The van der Waals surface area contributed by atoms with Crippen molar-refractivity contribution < 1.29 is 18.3 Å². The molecule has 0 fully saturated rings. The molecule has 0 aromatic heterocycles. The molecule has 0 aliphatic rings. The summed E-state index contributed by atoms with van der Waals surface area (Å²) in [4.78, 5) is 10.4. The Kier molecular flexibility index (Phi) is 6.79. The van der Waals surface area contributed by atoms with Gasteiger partial charge in [-0.15, -0.1) is 0 Å². The average Bonchev–Trinajstić information content (AvgIpc) is 2.56. The first-order valence-corrected chi connectivity index (χ1v) is 9.79. The van der Waals surface area contributed by atoms with Crippen LogP contribution in [-0.2, 0) is 14.8 Å². The fourth-order valence-corrected chi connectivity index (χ4v) is 3.94. The molecule has 2 N–H and O–H groups in total. The lowest BCUT2D eigenvalue weighted by atomic mass is 10.2. The van der Waals surface area contributed by atoms with Crippen molar-refractivity contribution in [2.45, 2.75) is 17.7 Å². The van der Waals surface area contributed by atoms with Crippen LogP contribution in [0, 0.1) is 11.8 Å². The standard InChI is InChI=1S/C17H12Cl3NO4S/c18-12-8-9-14(11(10-12)4-1-2-7-16(22)23)21-26(24,25)15-6-3-5-13(19)17(15)20/h3,5-6,8-10,21H,2,7H2,(H,22,23). The molecule has 2 aromatic rings. The normalized spacial score (nSPS) is 10.7. The summed E-state index contributed by atoms with van der Waals surface area (Å²) in [7, 11) is -4.02. The molecule has 0 aliphatic heterocycles. The van der Waals surface area contributed by atoms with Crippen LogP contribution in [0.2, 0.25) is 15.1 Å². The van der Waals surface area contributed by atoms with E-state index in [4.69, 9.17) is 39.9 Å². The number of hydrogen-bond acceptors (Lipinski definition) is 3. The minimum atomic E-state index is -4.02. The molecule has 136 valence electrons. The first-order chi connectivity index (χ1) is 12.2. The van der Waals surface area contributed by atoms with Crippen molar-refractivity contribution in [3.05, 3.63) is 57.0 Å². The van der Waals surface area contributed by atoms with Crippen LogP contribution < -0.4 is 4.72 Å². The molecule has 2 aromatic carbocycles. The molecule has 0 saturated carbocycles. The lowest BCUT2D eigenvalue weighted by Gasteiger charge is -2.12. The maximum Gasteiger partial charge on any atom is 0.304 e. The number of hydrogen-bond donors (Lipinski definition) is 2. The number of sulfonamides is 1. The van der Waals surface area contributed by atoms with Gasteiger partial charge in [-0.25, -0.2) is 8.42 Å². The van der Waals surface area contributed by atoms with Crippen molar-refractivity contribution in [3.8, 4) is 11.8 Å². The number of aliphatic carboxylic acids is 1. The third-order valence-electron chi connectivity index (χ3n) is 3.12. The molecule has 0 aliphatic carbocycles. The van der Waals surface area contributed by atoms with Crippen LogP contribution in [0.5, 0.6) is 0 Å². The van der Waals surface area contributed by atoms with Gasteiger partial charge in [0, 0.05) is 11.4 Å². The SMILES string of the molecule is O=C(O)CCC#Cc1cc(Cl)ccc1NS(=O)(=O)c1cccc(Cl)c1Cl. The van der Waals surface area contributed by atoms with Gasteiger partial charge in [0.1, 0.15) is 4.90 Å². The first kappa shape index (κ1) is 20.4. The van der Waals surface area contributed by atoms with Crippen molar-refractivity contribution in [3.63, 3.8) is 0 Å². The van der Waals surface area contributed by atoms with Crippen molar-refractivity contribution in [2.24, 2.45) is 0 Å². The summed E-state index contributed by atoms with van der Waals surface area (Å²) in [6.07, 6.45) is 0.000899. The smallest absolute Gasteiger partial charge is 0.304 e. The van der Waals surface area contributed by atoms with E-state index in [0.717, 1.165) is 0 Å². The Balaban J connectivity index is 2.37. The summed E-state index contributed by atoms with van der Waals surface area (Å²) in [6.45, 7) is 0. The molecular weight excluding hydrogens is 421 g/mol. The van der Waals surface area contributed by atoms with E-state index in [1.165, 1.54) is 36.4 Å². The van der Waals surface area contributed by atoms with E-state index in [1.54, 1.807) is 0 Å². The fraction of sp³-hybridized carbons (Fsp3) is 0.118. The monoisotopic (exact) mass is 431 g/mol.